The van der Waals surface area contributed by atoms with Crippen LogP contribution in [0, 0.1) is 18.8 Å². The number of carbonyl (C=O) groups is 1. The smallest absolute Gasteiger partial charge is 0.265 e. The Morgan fingerprint density at radius 3 is 2.39 bits per heavy atom. The Hall–Kier alpha value is -3.76. The highest BCUT2D eigenvalue weighted by Gasteiger charge is 2.22. The number of hydrogen-bond donors (Lipinski definition) is 2. The molecule has 2 N–H and O–H groups in total. The van der Waals surface area contributed by atoms with Crippen molar-refractivity contribution >= 4 is 21.6 Å². The minimum Gasteiger partial charge on any atom is -0.495 e. The van der Waals surface area contributed by atoms with E-state index < -0.39 is 15.9 Å². The quantitative estimate of drug-likeness (QED) is 0.581. The van der Waals surface area contributed by atoms with Crippen LogP contribution in [0.1, 0.15) is 21.5 Å². The molecule has 3 rings (SSSR count). The van der Waals surface area contributed by atoms with Crippen molar-refractivity contribution in [2.45, 2.75) is 11.8 Å². The predicted molar refractivity (Wildman–Crippen MR) is 121 cm³/mol. The Kier molecular flexibility index (Phi) is 6.96. The average molecular weight is 435 g/mol. The minimum absolute atomic E-state index is 0.126. The molecule has 0 saturated heterocycles. The maximum absolute atomic E-state index is 12.9. The van der Waals surface area contributed by atoms with Gasteiger partial charge >= 0.3 is 0 Å². The average Bonchev–Trinajstić information content (AvgIpc) is 2.78. The molecule has 0 unspecified atom stereocenters. The summed E-state index contributed by atoms with van der Waals surface area (Å²) in [6.07, 6.45) is 0. The van der Waals surface area contributed by atoms with Gasteiger partial charge in [-0.3, -0.25) is 9.52 Å². The fourth-order valence-corrected chi connectivity index (χ4v) is 4.01. The number of aryl methyl sites for hydroxylation is 1. The van der Waals surface area contributed by atoms with Gasteiger partial charge in [-0.25, -0.2) is 8.42 Å². The van der Waals surface area contributed by atoms with E-state index in [9.17, 15) is 13.2 Å². The van der Waals surface area contributed by atoms with Crippen molar-refractivity contribution in [3.05, 3.63) is 89.5 Å². The molecule has 0 atom stereocenters. The highest BCUT2D eigenvalue weighted by atomic mass is 32.2. The van der Waals surface area contributed by atoms with E-state index in [1.54, 1.807) is 24.3 Å². The lowest BCUT2D eigenvalue weighted by molar-refractivity contribution is 0.0958. The third-order valence-electron chi connectivity index (χ3n) is 4.36. The topological polar surface area (TPSA) is 84.5 Å². The summed E-state index contributed by atoms with van der Waals surface area (Å²) in [6, 6.07) is 20.6. The van der Waals surface area contributed by atoms with E-state index in [1.807, 2.05) is 37.3 Å². The van der Waals surface area contributed by atoms with Gasteiger partial charge in [0.2, 0.25) is 0 Å². The van der Waals surface area contributed by atoms with Crippen molar-refractivity contribution in [1.82, 2.24) is 5.32 Å². The Morgan fingerprint density at radius 1 is 1.00 bits per heavy atom. The van der Waals surface area contributed by atoms with Gasteiger partial charge in [-0.15, -0.1) is 0 Å². The fourth-order valence-electron chi connectivity index (χ4n) is 2.75. The number of methoxy groups -OCH3 is 1. The number of sulfonamides is 1. The first-order valence-corrected chi connectivity index (χ1v) is 11.0. The number of hydrogen-bond acceptors (Lipinski definition) is 4. The van der Waals surface area contributed by atoms with Crippen LogP contribution >= 0.6 is 0 Å². The van der Waals surface area contributed by atoms with Crippen LogP contribution in [0.5, 0.6) is 5.75 Å². The van der Waals surface area contributed by atoms with E-state index in [1.165, 1.54) is 25.3 Å². The number of rotatable bonds is 6. The third kappa shape index (κ3) is 5.87. The van der Waals surface area contributed by atoms with Crippen molar-refractivity contribution in [1.29, 1.82) is 0 Å². The van der Waals surface area contributed by atoms with Crippen molar-refractivity contribution in [3.63, 3.8) is 0 Å². The van der Waals surface area contributed by atoms with Crippen LogP contribution in [0.4, 0.5) is 5.69 Å². The molecular weight excluding hydrogens is 412 g/mol. The summed E-state index contributed by atoms with van der Waals surface area (Å²) < 4.78 is 33.5. The third-order valence-corrected chi connectivity index (χ3v) is 5.77. The molecule has 31 heavy (non-hydrogen) atoms. The Labute approximate surface area is 182 Å². The first kappa shape index (κ1) is 21.9. The molecule has 7 heteroatoms. The van der Waals surface area contributed by atoms with Crippen LogP contribution in [0.3, 0.4) is 0 Å². The maximum Gasteiger partial charge on any atom is 0.265 e. The zero-order valence-electron chi connectivity index (χ0n) is 17.2. The molecule has 0 radical (unpaired) electrons. The molecule has 0 aliphatic carbocycles. The van der Waals surface area contributed by atoms with Gasteiger partial charge in [0.1, 0.15) is 10.6 Å². The first-order valence-electron chi connectivity index (χ1n) is 9.49. The normalized spacial score (nSPS) is 10.5. The molecule has 0 fully saturated rings. The van der Waals surface area contributed by atoms with Crippen LogP contribution in [-0.4, -0.2) is 28.0 Å². The molecular formula is C24H22N2O4S. The molecule has 0 aromatic heterocycles. The van der Waals surface area contributed by atoms with Gasteiger partial charge in [-0.1, -0.05) is 47.7 Å². The molecule has 0 bridgehead atoms. The molecule has 0 spiro atoms. The Morgan fingerprint density at radius 2 is 1.71 bits per heavy atom. The maximum atomic E-state index is 12.9. The van der Waals surface area contributed by atoms with Crippen LogP contribution in [0.15, 0.2) is 77.7 Å². The van der Waals surface area contributed by atoms with Gasteiger partial charge in [-0.2, -0.15) is 0 Å². The van der Waals surface area contributed by atoms with Crippen LogP contribution in [0.2, 0.25) is 0 Å². The fraction of sp³-hybridized carbons (Fsp3) is 0.125. The summed E-state index contributed by atoms with van der Waals surface area (Å²) in [6.45, 7) is 2.04. The molecule has 0 heterocycles. The monoisotopic (exact) mass is 434 g/mol. The molecule has 0 aliphatic rings. The Balaban J connectivity index is 1.77. The number of anilines is 1. The van der Waals surface area contributed by atoms with E-state index in [2.05, 4.69) is 21.9 Å². The zero-order chi connectivity index (χ0) is 22.3. The number of benzene rings is 3. The van der Waals surface area contributed by atoms with Crippen molar-refractivity contribution in [3.8, 4) is 17.6 Å². The minimum atomic E-state index is -3.97. The second-order valence-corrected chi connectivity index (χ2v) is 8.34. The van der Waals surface area contributed by atoms with Crippen LogP contribution in [-0.2, 0) is 10.0 Å². The van der Waals surface area contributed by atoms with Crippen LogP contribution < -0.4 is 14.8 Å². The summed E-state index contributed by atoms with van der Waals surface area (Å²) in [4.78, 5) is 12.4. The number of amides is 1. The number of nitrogens with one attached hydrogen (secondary N) is 2. The molecule has 1 amide bonds. The Bertz CT molecular complexity index is 1230. The summed E-state index contributed by atoms with van der Waals surface area (Å²) in [5, 5.41) is 2.67. The lowest BCUT2D eigenvalue weighted by Gasteiger charge is -2.13. The molecule has 0 saturated carbocycles. The molecule has 0 aliphatic heterocycles. The molecule has 6 nitrogen and oxygen atoms in total. The van der Waals surface area contributed by atoms with Crippen LogP contribution in [0.25, 0.3) is 0 Å². The summed E-state index contributed by atoms with van der Waals surface area (Å²) in [5.74, 6) is 5.52. The molecule has 3 aromatic rings. The first-order chi connectivity index (χ1) is 14.9. The largest absolute Gasteiger partial charge is 0.495 e. The molecule has 158 valence electrons. The van der Waals surface area contributed by atoms with Gasteiger partial charge in [0, 0.05) is 16.8 Å². The lowest BCUT2D eigenvalue weighted by atomic mass is 10.2. The van der Waals surface area contributed by atoms with Gasteiger partial charge in [0.25, 0.3) is 15.9 Å². The standard InChI is InChI=1S/C24H22N2O4S/c1-18-10-13-21(14-11-18)26-31(28,29)23-17-20(12-15-22(23)30-2)24(27)25-16-6-9-19-7-4-3-5-8-19/h3-5,7-8,10-15,17,26H,16H2,1-2H3,(H,25,27). The van der Waals surface area contributed by atoms with Crippen molar-refractivity contribution in [2.24, 2.45) is 0 Å². The van der Waals surface area contributed by atoms with Gasteiger partial charge < -0.3 is 10.1 Å². The summed E-state index contributed by atoms with van der Waals surface area (Å²) in [7, 11) is -2.59. The van der Waals surface area contributed by atoms with Gasteiger partial charge in [0.05, 0.1) is 13.7 Å². The van der Waals surface area contributed by atoms with E-state index in [0.29, 0.717) is 5.69 Å². The highest BCUT2D eigenvalue weighted by molar-refractivity contribution is 7.92. The van der Waals surface area contributed by atoms with E-state index in [-0.39, 0.29) is 22.8 Å². The number of ether oxygens (including phenoxy) is 1. The summed E-state index contributed by atoms with van der Waals surface area (Å²) in [5.41, 5.74) is 2.46. The van der Waals surface area contributed by atoms with Gasteiger partial charge in [0.15, 0.2) is 0 Å². The second kappa shape index (κ2) is 9.83. The second-order valence-electron chi connectivity index (χ2n) is 6.69. The van der Waals surface area contributed by atoms with Crippen molar-refractivity contribution in [2.75, 3.05) is 18.4 Å². The highest BCUT2D eigenvalue weighted by Crippen LogP contribution is 2.27. The molecule has 3 aromatic carbocycles. The zero-order valence-corrected chi connectivity index (χ0v) is 18.0. The summed E-state index contributed by atoms with van der Waals surface area (Å²) >= 11 is 0. The SMILES string of the molecule is COc1ccc(C(=O)NCC#Cc2ccccc2)cc1S(=O)(=O)Nc1ccc(C)cc1. The number of carbonyl (C=O) groups excluding carboxylic acids is 1. The van der Waals surface area contributed by atoms with E-state index in [4.69, 9.17) is 4.74 Å². The predicted octanol–water partition coefficient (Wildman–Crippen LogP) is 3.59. The van der Waals surface area contributed by atoms with Crippen molar-refractivity contribution < 1.29 is 17.9 Å². The lowest BCUT2D eigenvalue weighted by Crippen LogP contribution is -2.24. The van der Waals surface area contributed by atoms with E-state index in [0.717, 1.165) is 11.1 Å². The van der Waals surface area contributed by atoms with Gasteiger partial charge in [-0.05, 0) is 49.4 Å². The van der Waals surface area contributed by atoms with E-state index >= 15 is 0 Å².